The summed E-state index contributed by atoms with van der Waals surface area (Å²) in [6.45, 7) is 8.53. The first kappa shape index (κ1) is 11.7. The second-order valence-corrected chi connectivity index (χ2v) is 5.37. The van der Waals surface area contributed by atoms with Gasteiger partial charge in [-0.2, -0.15) is 0 Å². The zero-order valence-electron chi connectivity index (χ0n) is 10.7. The Morgan fingerprint density at radius 2 is 2.06 bits per heavy atom. The Bertz CT molecular complexity index is 290. The van der Waals surface area contributed by atoms with Gasteiger partial charge in [0.1, 0.15) is 6.04 Å². The minimum Gasteiger partial charge on any atom is -0.476 e. The minimum absolute atomic E-state index is 0.0441. The van der Waals surface area contributed by atoms with Gasteiger partial charge in [0.25, 0.3) is 0 Å². The molecule has 4 unspecified atom stereocenters. The molecule has 0 aromatic rings. The second kappa shape index (κ2) is 4.24. The summed E-state index contributed by atoms with van der Waals surface area (Å²) in [6.07, 6.45) is 2.51. The number of nitrogens with zero attached hydrogens (tertiary/aromatic N) is 2. The van der Waals surface area contributed by atoms with E-state index in [1.807, 2.05) is 13.8 Å². The summed E-state index contributed by atoms with van der Waals surface area (Å²) in [4.78, 5) is 0. The third-order valence-corrected chi connectivity index (χ3v) is 3.77. The zero-order valence-corrected chi connectivity index (χ0v) is 10.7. The Kier molecular flexibility index (Phi) is 3.10. The van der Waals surface area contributed by atoms with Gasteiger partial charge < -0.3 is 10.5 Å². The highest BCUT2D eigenvalue weighted by Gasteiger charge is 2.42. The van der Waals surface area contributed by atoms with Gasteiger partial charge in [-0.15, -0.1) is 5.10 Å². The molecule has 2 rings (SSSR count). The first-order valence-corrected chi connectivity index (χ1v) is 6.29. The second-order valence-electron chi connectivity index (χ2n) is 5.37. The predicted octanol–water partition coefficient (Wildman–Crippen LogP) is 1.55. The Balaban J connectivity index is 2.13. The van der Waals surface area contributed by atoms with Crippen molar-refractivity contribution in [3.05, 3.63) is 0 Å². The van der Waals surface area contributed by atoms with E-state index in [0.717, 1.165) is 12.3 Å². The topological polar surface area (TPSA) is 50.8 Å². The van der Waals surface area contributed by atoms with Crippen LogP contribution in [0.2, 0.25) is 0 Å². The maximum atomic E-state index is 6.19. The van der Waals surface area contributed by atoms with Crippen molar-refractivity contribution in [3.8, 4) is 0 Å². The molecule has 4 nitrogen and oxygen atoms in total. The molecule has 2 N–H and O–H groups in total. The molecular weight excluding hydrogens is 202 g/mol. The van der Waals surface area contributed by atoms with Gasteiger partial charge in [-0.1, -0.05) is 6.92 Å². The number of ether oxygens (including phenoxy) is 1. The van der Waals surface area contributed by atoms with E-state index in [9.17, 15) is 0 Å². The third kappa shape index (κ3) is 1.90. The molecule has 2 aliphatic heterocycles. The van der Waals surface area contributed by atoms with E-state index in [1.165, 1.54) is 6.42 Å². The molecule has 92 valence electrons. The normalized spacial score (nSPS) is 38.6. The van der Waals surface area contributed by atoms with Gasteiger partial charge in [-0.25, -0.2) is 0 Å². The summed E-state index contributed by atoms with van der Waals surface area (Å²) in [5.74, 6) is 1.41. The number of rotatable bonds is 1. The van der Waals surface area contributed by atoms with Gasteiger partial charge in [-0.05, 0) is 39.5 Å². The molecule has 0 saturated carbocycles. The van der Waals surface area contributed by atoms with Crippen LogP contribution in [0.15, 0.2) is 5.10 Å². The van der Waals surface area contributed by atoms with E-state index in [1.54, 1.807) is 0 Å². The van der Waals surface area contributed by atoms with Gasteiger partial charge >= 0.3 is 0 Å². The van der Waals surface area contributed by atoms with Crippen LogP contribution in [0.1, 0.15) is 40.5 Å². The van der Waals surface area contributed by atoms with Crippen LogP contribution in [0.25, 0.3) is 0 Å². The summed E-state index contributed by atoms with van der Waals surface area (Å²) in [5.41, 5.74) is 6.19. The van der Waals surface area contributed by atoms with Crippen LogP contribution in [-0.2, 0) is 4.74 Å². The Morgan fingerprint density at radius 1 is 1.38 bits per heavy atom. The highest BCUT2D eigenvalue weighted by atomic mass is 16.5. The number of hydrazone groups is 1. The minimum atomic E-state index is -0.0441. The largest absolute Gasteiger partial charge is 0.476 e. The number of hydrogen-bond donors (Lipinski definition) is 1. The van der Waals surface area contributed by atoms with E-state index >= 15 is 0 Å². The molecule has 1 saturated heterocycles. The van der Waals surface area contributed by atoms with Gasteiger partial charge in [0, 0.05) is 6.04 Å². The van der Waals surface area contributed by atoms with E-state index in [0.29, 0.717) is 18.0 Å². The molecule has 0 amide bonds. The smallest absolute Gasteiger partial charge is 0.225 e. The fraction of sp³-hybridized carbons (Fsp3) is 0.917. The highest BCUT2D eigenvalue weighted by molar-refractivity contribution is 5.84. The molecule has 2 heterocycles. The van der Waals surface area contributed by atoms with E-state index in [2.05, 4.69) is 24.0 Å². The van der Waals surface area contributed by atoms with Gasteiger partial charge in [0.2, 0.25) is 5.90 Å². The average molecular weight is 225 g/mol. The van der Waals surface area contributed by atoms with E-state index in [4.69, 9.17) is 10.5 Å². The predicted molar refractivity (Wildman–Crippen MR) is 65.1 cm³/mol. The summed E-state index contributed by atoms with van der Waals surface area (Å²) in [6, 6.07) is 0.773. The SMILES string of the molecule is CC(C)OC1=NN2C(C)C(C)CCC2C1N. The van der Waals surface area contributed by atoms with Gasteiger partial charge in [0.05, 0.1) is 12.1 Å². The quantitative estimate of drug-likeness (QED) is 0.736. The summed E-state index contributed by atoms with van der Waals surface area (Å²) >= 11 is 0. The molecule has 0 radical (unpaired) electrons. The number of fused-ring (bicyclic) bond motifs is 1. The van der Waals surface area contributed by atoms with Gasteiger partial charge in [-0.3, -0.25) is 5.01 Å². The van der Waals surface area contributed by atoms with Crippen LogP contribution in [0.3, 0.4) is 0 Å². The van der Waals surface area contributed by atoms with Crippen molar-refractivity contribution >= 4 is 5.90 Å². The van der Waals surface area contributed by atoms with Gasteiger partial charge in [0.15, 0.2) is 0 Å². The number of piperidine rings is 1. The molecule has 4 atom stereocenters. The first-order chi connectivity index (χ1) is 7.50. The van der Waals surface area contributed by atoms with Crippen molar-refractivity contribution < 1.29 is 4.74 Å². The first-order valence-electron chi connectivity index (χ1n) is 6.29. The summed E-state index contributed by atoms with van der Waals surface area (Å²) in [5, 5.41) is 6.73. The standard InChI is InChI=1S/C12H23N3O/c1-7(2)16-12-11(13)10-6-5-8(3)9(4)15(10)14-12/h7-11H,5-6,13H2,1-4H3. The van der Waals surface area contributed by atoms with Crippen molar-refractivity contribution in [2.75, 3.05) is 0 Å². The van der Waals surface area contributed by atoms with Crippen molar-refractivity contribution in [1.29, 1.82) is 0 Å². The molecule has 0 spiro atoms. The van der Waals surface area contributed by atoms with Crippen molar-refractivity contribution in [1.82, 2.24) is 5.01 Å². The molecule has 0 aliphatic carbocycles. The number of hydrogen-bond acceptors (Lipinski definition) is 4. The van der Waals surface area contributed by atoms with E-state index in [-0.39, 0.29) is 12.1 Å². The lowest BCUT2D eigenvalue weighted by Crippen LogP contribution is -2.51. The monoisotopic (exact) mass is 225 g/mol. The maximum Gasteiger partial charge on any atom is 0.225 e. The lowest BCUT2D eigenvalue weighted by Gasteiger charge is -2.39. The van der Waals surface area contributed by atoms with Crippen molar-refractivity contribution in [2.24, 2.45) is 16.8 Å². The number of nitrogens with two attached hydrogens (primary N) is 1. The van der Waals surface area contributed by atoms with Crippen LogP contribution in [0, 0.1) is 5.92 Å². The molecule has 2 aliphatic rings. The molecular formula is C12H23N3O. The Morgan fingerprint density at radius 3 is 2.69 bits per heavy atom. The lowest BCUT2D eigenvalue weighted by atomic mass is 9.87. The highest BCUT2D eigenvalue weighted by Crippen LogP contribution is 2.33. The maximum absolute atomic E-state index is 6.19. The van der Waals surface area contributed by atoms with E-state index < -0.39 is 0 Å². The van der Waals surface area contributed by atoms with Crippen LogP contribution >= 0.6 is 0 Å². The lowest BCUT2D eigenvalue weighted by molar-refractivity contribution is 0.0699. The zero-order chi connectivity index (χ0) is 11.9. The molecule has 1 fully saturated rings. The molecule has 16 heavy (non-hydrogen) atoms. The molecule has 0 bridgehead atoms. The van der Waals surface area contributed by atoms with Crippen molar-refractivity contribution in [3.63, 3.8) is 0 Å². The Labute approximate surface area is 97.8 Å². The van der Waals surface area contributed by atoms with Crippen LogP contribution in [-0.4, -0.2) is 35.1 Å². The fourth-order valence-electron chi connectivity index (χ4n) is 2.57. The third-order valence-electron chi connectivity index (χ3n) is 3.77. The Hall–Kier alpha value is -0.770. The molecule has 4 heteroatoms. The summed E-state index contributed by atoms with van der Waals surface area (Å²) < 4.78 is 5.68. The molecule has 0 aromatic carbocycles. The summed E-state index contributed by atoms with van der Waals surface area (Å²) in [7, 11) is 0. The van der Waals surface area contributed by atoms with Crippen LogP contribution < -0.4 is 5.73 Å². The van der Waals surface area contributed by atoms with Crippen LogP contribution in [0.5, 0.6) is 0 Å². The molecule has 0 aromatic heterocycles. The van der Waals surface area contributed by atoms with Crippen LogP contribution in [0.4, 0.5) is 0 Å². The van der Waals surface area contributed by atoms with Crippen molar-refractivity contribution in [2.45, 2.75) is 64.8 Å². The average Bonchev–Trinajstić information content (AvgIpc) is 2.51. The fourth-order valence-corrected chi connectivity index (χ4v) is 2.57.